The standard InChI is InChI=1S/C19H27FN2O2/c1-14-6-8-22(9-7-14)13-18(23)12-21-19(24)10-15(2)16-4-3-5-17(20)11-16/h3-5,10-11,14,18,23H,6-9,12-13H2,1-2H3,(H,21,24). The van der Waals surface area contributed by atoms with Gasteiger partial charge >= 0.3 is 0 Å². The summed E-state index contributed by atoms with van der Waals surface area (Å²) in [5, 5.41) is 12.8. The molecule has 5 heteroatoms. The predicted octanol–water partition coefficient (Wildman–Crippen LogP) is 2.44. The first-order chi connectivity index (χ1) is 11.4. The number of likely N-dealkylation sites (tertiary alicyclic amines) is 1. The molecule has 1 saturated heterocycles. The van der Waals surface area contributed by atoms with Gasteiger partial charge in [-0.15, -0.1) is 0 Å². The van der Waals surface area contributed by atoms with E-state index in [-0.39, 0.29) is 18.3 Å². The first-order valence-electron chi connectivity index (χ1n) is 8.56. The van der Waals surface area contributed by atoms with Crippen molar-refractivity contribution in [1.82, 2.24) is 10.2 Å². The second-order valence-electron chi connectivity index (χ2n) is 6.72. The number of aliphatic hydroxyl groups excluding tert-OH is 1. The third-order valence-electron chi connectivity index (χ3n) is 4.48. The Hall–Kier alpha value is -1.72. The van der Waals surface area contributed by atoms with Gasteiger partial charge in [-0.1, -0.05) is 19.1 Å². The van der Waals surface area contributed by atoms with Crippen LogP contribution in [0.4, 0.5) is 4.39 Å². The summed E-state index contributed by atoms with van der Waals surface area (Å²) in [4.78, 5) is 14.2. The van der Waals surface area contributed by atoms with Gasteiger partial charge in [-0.05, 0) is 62.0 Å². The number of allylic oxidation sites excluding steroid dienone is 1. The van der Waals surface area contributed by atoms with Crippen LogP contribution in [0, 0.1) is 11.7 Å². The van der Waals surface area contributed by atoms with Crippen LogP contribution in [0.25, 0.3) is 5.57 Å². The van der Waals surface area contributed by atoms with Crippen LogP contribution in [0.15, 0.2) is 30.3 Å². The Kier molecular flexibility index (Phi) is 6.94. The van der Waals surface area contributed by atoms with Crippen LogP contribution in [-0.4, -0.2) is 48.2 Å². The van der Waals surface area contributed by atoms with Crippen LogP contribution in [0.3, 0.4) is 0 Å². The molecule has 1 aliphatic heterocycles. The summed E-state index contributed by atoms with van der Waals surface area (Å²) in [6.45, 7) is 6.83. The lowest BCUT2D eigenvalue weighted by molar-refractivity contribution is -0.117. The van der Waals surface area contributed by atoms with Crippen LogP contribution < -0.4 is 5.32 Å². The Morgan fingerprint density at radius 2 is 2.17 bits per heavy atom. The number of halogens is 1. The average Bonchev–Trinajstić information content (AvgIpc) is 2.55. The number of aliphatic hydroxyl groups is 1. The zero-order valence-electron chi connectivity index (χ0n) is 14.5. The number of hydrogen-bond acceptors (Lipinski definition) is 3. The number of rotatable bonds is 6. The maximum absolute atomic E-state index is 13.2. The second kappa shape index (κ2) is 8.94. The molecule has 2 N–H and O–H groups in total. The van der Waals surface area contributed by atoms with Gasteiger partial charge in [0.05, 0.1) is 6.10 Å². The number of nitrogens with zero attached hydrogens (tertiary/aromatic N) is 1. The molecule has 0 saturated carbocycles. The van der Waals surface area contributed by atoms with Crippen LogP contribution in [0.5, 0.6) is 0 Å². The van der Waals surface area contributed by atoms with E-state index >= 15 is 0 Å². The van der Waals surface area contributed by atoms with Crippen molar-refractivity contribution in [2.45, 2.75) is 32.8 Å². The molecular weight excluding hydrogens is 307 g/mol. The normalized spacial score (nSPS) is 18.4. The summed E-state index contributed by atoms with van der Waals surface area (Å²) >= 11 is 0. The highest BCUT2D eigenvalue weighted by atomic mass is 19.1. The van der Waals surface area contributed by atoms with Gasteiger partial charge in [0, 0.05) is 19.2 Å². The van der Waals surface area contributed by atoms with Gasteiger partial charge in [0.25, 0.3) is 0 Å². The van der Waals surface area contributed by atoms with Crippen molar-refractivity contribution in [2.24, 2.45) is 5.92 Å². The van der Waals surface area contributed by atoms with E-state index in [0.717, 1.165) is 31.8 Å². The van der Waals surface area contributed by atoms with Gasteiger partial charge in [0.1, 0.15) is 5.82 Å². The molecule has 1 aromatic carbocycles. The van der Waals surface area contributed by atoms with Crippen molar-refractivity contribution >= 4 is 11.5 Å². The summed E-state index contributed by atoms with van der Waals surface area (Å²) in [7, 11) is 0. The molecule has 24 heavy (non-hydrogen) atoms. The molecule has 0 aliphatic carbocycles. The van der Waals surface area contributed by atoms with Crippen molar-refractivity contribution in [2.75, 3.05) is 26.2 Å². The van der Waals surface area contributed by atoms with Crippen molar-refractivity contribution in [1.29, 1.82) is 0 Å². The minimum Gasteiger partial charge on any atom is -0.390 e. The van der Waals surface area contributed by atoms with Gasteiger partial charge in [0.2, 0.25) is 5.91 Å². The fourth-order valence-electron chi connectivity index (χ4n) is 2.89. The Morgan fingerprint density at radius 3 is 2.83 bits per heavy atom. The summed E-state index contributed by atoms with van der Waals surface area (Å²) in [5.41, 5.74) is 1.36. The molecule has 4 nitrogen and oxygen atoms in total. The van der Waals surface area contributed by atoms with E-state index in [1.807, 2.05) is 0 Å². The molecule has 132 valence electrons. The van der Waals surface area contributed by atoms with Crippen molar-refractivity contribution in [3.8, 4) is 0 Å². The Bertz CT molecular complexity index is 580. The molecule has 0 radical (unpaired) electrons. The van der Waals surface area contributed by atoms with Crippen LogP contribution >= 0.6 is 0 Å². The van der Waals surface area contributed by atoms with E-state index in [1.54, 1.807) is 19.1 Å². The van der Waals surface area contributed by atoms with E-state index in [1.165, 1.54) is 18.2 Å². The van der Waals surface area contributed by atoms with Crippen LogP contribution in [0.1, 0.15) is 32.3 Å². The third-order valence-corrected chi connectivity index (χ3v) is 4.48. The van der Waals surface area contributed by atoms with Gasteiger partial charge in [-0.3, -0.25) is 4.79 Å². The van der Waals surface area contributed by atoms with E-state index in [4.69, 9.17) is 0 Å². The lowest BCUT2D eigenvalue weighted by Crippen LogP contribution is -2.42. The Balaban J connectivity index is 1.76. The van der Waals surface area contributed by atoms with Gasteiger partial charge in [-0.2, -0.15) is 0 Å². The van der Waals surface area contributed by atoms with Crippen molar-refractivity contribution in [3.05, 3.63) is 41.7 Å². The lowest BCUT2D eigenvalue weighted by atomic mass is 9.99. The van der Waals surface area contributed by atoms with E-state index in [0.29, 0.717) is 17.7 Å². The highest BCUT2D eigenvalue weighted by Gasteiger charge is 2.18. The summed E-state index contributed by atoms with van der Waals surface area (Å²) < 4.78 is 13.2. The second-order valence-corrected chi connectivity index (χ2v) is 6.72. The SMILES string of the molecule is CC(=CC(=O)NCC(O)CN1CCC(C)CC1)c1cccc(F)c1. The molecule has 1 amide bonds. The molecule has 1 aromatic rings. The van der Waals surface area contributed by atoms with E-state index in [9.17, 15) is 14.3 Å². The van der Waals surface area contributed by atoms with Gasteiger partial charge in [-0.25, -0.2) is 4.39 Å². The minimum absolute atomic E-state index is 0.220. The van der Waals surface area contributed by atoms with Crippen molar-refractivity contribution < 1.29 is 14.3 Å². The quantitative estimate of drug-likeness (QED) is 0.786. The molecule has 1 heterocycles. The molecule has 0 spiro atoms. The molecule has 1 aliphatic rings. The van der Waals surface area contributed by atoms with E-state index in [2.05, 4.69) is 17.1 Å². The maximum atomic E-state index is 13.2. The summed E-state index contributed by atoms with van der Waals surface area (Å²) in [5.74, 6) is 0.157. The third kappa shape index (κ3) is 6.06. The number of piperidine rings is 1. The Labute approximate surface area is 143 Å². The number of carbonyl (C=O) groups excluding carboxylic acids is 1. The lowest BCUT2D eigenvalue weighted by Gasteiger charge is -2.31. The fraction of sp³-hybridized carbons (Fsp3) is 0.526. The first-order valence-corrected chi connectivity index (χ1v) is 8.56. The molecule has 1 unspecified atom stereocenters. The number of benzene rings is 1. The Morgan fingerprint density at radius 1 is 1.46 bits per heavy atom. The topological polar surface area (TPSA) is 52.6 Å². The zero-order valence-corrected chi connectivity index (χ0v) is 14.5. The average molecular weight is 334 g/mol. The number of β-amino-alcohol motifs (C(OH)–C–C–N with tert-alkyl or cyclic N) is 1. The maximum Gasteiger partial charge on any atom is 0.244 e. The van der Waals surface area contributed by atoms with E-state index < -0.39 is 6.10 Å². The van der Waals surface area contributed by atoms with Crippen LogP contribution in [-0.2, 0) is 4.79 Å². The zero-order chi connectivity index (χ0) is 17.5. The number of hydrogen-bond donors (Lipinski definition) is 2. The van der Waals surface area contributed by atoms with Crippen LogP contribution in [0.2, 0.25) is 0 Å². The molecule has 2 rings (SSSR count). The summed E-state index contributed by atoms with van der Waals surface area (Å²) in [6, 6.07) is 6.14. The van der Waals surface area contributed by atoms with Gasteiger partial charge in [0.15, 0.2) is 0 Å². The predicted molar refractivity (Wildman–Crippen MR) is 93.9 cm³/mol. The molecule has 1 fully saturated rings. The smallest absolute Gasteiger partial charge is 0.244 e. The molecule has 1 atom stereocenters. The number of nitrogens with one attached hydrogen (secondary N) is 1. The van der Waals surface area contributed by atoms with Crippen molar-refractivity contribution in [3.63, 3.8) is 0 Å². The fourth-order valence-corrected chi connectivity index (χ4v) is 2.89. The minimum atomic E-state index is -0.578. The van der Waals surface area contributed by atoms with Gasteiger partial charge < -0.3 is 15.3 Å². The largest absolute Gasteiger partial charge is 0.390 e. The molecular formula is C19H27FN2O2. The highest BCUT2D eigenvalue weighted by molar-refractivity contribution is 5.94. The monoisotopic (exact) mass is 334 g/mol. The number of carbonyl (C=O) groups is 1. The highest BCUT2D eigenvalue weighted by Crippen LogP contribution is 2.16. The first kappa shape index (κ1) is 18.6. The molecule has 0 bridgehead atoms. The number of amides is 1. The molecule has 0 aromatic heterocycles. The summed E-state index contributed by atoms with van der Waals surface area (Å²) in [6.07, 6.45) is 3.18.